The molecule has 13 nitrogen and oxygen atoms in total. The fourth-order valence-electron chi connectivity index (χ4n) is 2.32. The van der Waals surface area contributed by atoms with E-state index in [1.807, 2.05) is 0 Å². The number of carbonyl (C=O) groups excluding carboxylic acids is 3. The van der Waals surface area contributed by atoms with Crippen LogP contribution in [0.15, 0.2) is 0 Å². The molecule has 0 fully saturated rings. The van der Waals surface area contributed by atoms with Crippen LogP contribution in [0.25, 0.3) is 0 Å². The van der Waals surface area contributed by atoms with Gasteiger partial charge in [0.05, 0.1) is 12.5 Å². The van der Waals surface area contributed by atoms with E-state index in [2.05, 4.69) is 28.6 Å². The summed E-state index contributed by atoms with van der Waals surface area (Å²) in [5.74, 6) is -6.44. The van der Waals surface area contributed by atoms with Crippen molar-refractivity contribution < 1.29 is 44.1 Å². The van der Waals surface area contributed by atoms with Gasteiger partial charge < -0.3 is 37.0 Å². The predicted molar refractivity (Wildman–Crippen MR) is 117 cm³/mol. The van der Waals surface area contributed by atoms with E-state index in [-0.39, 0.29) is 18.6 Å². The molecule has 15 heteroatoms. The second-order valence-electron chi connectivity index (χ2n) is 6.62. The topological polar surface area (TPSA) is 225 Å². The van der Waals surface area contributed by atoms with Crippen molar-refractivity contribution in [3.63, 3.8) is 0 Å². The lowest BCUT2D eigenvalue weighted by atomic mass is 10.1. The Balaban J connectivity index is 5.48. The summed E-state index contributed by atoms with van der Waals surface area (Å²) in [5.41, 5.74) is 5.55. The Bertz CT molecular complexity index is 708. The van der Waals surface area contributed by atoms with Crippen molar-refractivity contribution in [2.24, 2.45) is 5.73 Å². The number of rotatable bonds is 16. The number of hydrogen-bond acceptors (Lipinski definition) is 9. The second-order valence-corrected chi connectivity index (χ2v) is 7.97. The normalized spacial score (nSPS) is 14.3. The molecule has 0 rings (SSSR count). The molecule has 0 aliphatic heterocycles. The summed E-state index contributed by atoms with van der Waals surface area (Å²) in [7, 11) is 0. The van der Waals surface area contributed by atoms with Crippen molar-refractivity contribution in [1.82, 2.24) is 16.0 Å². The van der Waals surface area contributed by atoms with Gasteiger partial charge in [-0.05, 0) is 24.9 Å². The third-order valence-corrected chi connectivity index (χ3v) is 5.09. The van der Waals surface area contributed by atoms with Crippen LogP contribution in [0, 0.1) is 0 Å². The van der Waals surface area contributed by atoms with E-state index in [9.17, 15) is 28.8 Å². The lowest BCUT2D eigenvalue weighted by Crippen LogP contribution is -2.57. The van der Waals surface area contributed by atoms with Gasteiger partial charge in [-0.15, -0.1) is 0 Å². The maximum Gasteiger partial charge on any atom is 0.326 e. The van der Waals surface area contributed by atoms with Crippen LogP contribution in [0.4, 0.5) is 0 Å². The van der Waals surface area contributed by atoms with Gasteiger partial charge in [-0.25, -0.2) is 4.79 Å². The molecule has 0 radical (unpaired) electrons. The number of carboxylic acids is 3. The fourth-order valence-corrected chi connectivity index (χ4v) is 2.96. The van der Waals surface area contributed by atoms with Gasteiger partial charge in [0.15, 0.2) is 0 Å². The molecule has 0 bridgehead atoms. The first kappa shape index (κ1) is 29.5. The number of hydrogen-bond donors (Lipinski definition) is 8. The highest BCUT2D eigenvalue weighted by Gasteiger charge is 2.31. The quantitative estimate of drug-likeness (QED) is 0.108. The third-order valence-electron chi connectivity index (χ3n) is 4.05. The molecular weight excluding hydrogens is 468 g/mol. The number of carbonyl (C=O) groups is 6. The number of nitrogens with one attached hydrogen (secondary N) is 3. The summed E-state index contributed by atoms with van der Waals surface area (Å²) < 4.78 is 0. The number of aliphatic carboxylic acids is 3. The highest BCUT2D eigenvalue weighted by atomic mass is 32.2. The van der Waals surface area contributed by atoms with E-state index < -0.39 is 72.6 Å². The van der Waals surface area contributed by atoms with Crippen LogP contribution in [0.3, 0.4) is 0 Å². The Morgan fingerprint density at radius 2 is 1.34 bits per heavy atom. The van der Waals surface area contributed by atoms with Crippen molar-refractivity contribution in [2.75, 3.05) is 17.8 Å². The number of amides is 3. The van der Waals surface area contributed by atoms with E-state index in [0.717, 1.165) is 0 Å². The minimum Gasteiger partial charge on any atom is -0.481 e. The molecule has 0 saturated carbocycles. The zero-order valence-electron chi connectivity index (χ0n) is 17.3. The standard InChI is InChI=1S/C17H28N4O9S2/c1-32-5-4-10(16(28)21-11(17(29)30)6-13(24)25)20-15(27)9(2-3-12(22)23)19-14(26)8(18)7-31/h8-11,31H,2-7,18H2,1H3,(H,19,26)(H,20,27)(H,21,28)(H,22,23)(H,24,25)(H,29,30). The van der Waals surface area contributed by atoms with Crippen molar-refractivity contribution >= 4 is 60.0 Å². The SMILES string of the molecule is CSCCC(NC(=O)C(CCC(=O)O)NC(=O)C(N)CS)C(=O)NC(CC(=O)O)C(=O)O. The van der Waals surface area contributed by atoms with Crippen molar-refractivity contribution in [3.05, 3.63) is 0 Å². The van der Waals surface area contributed by atoms with Crippen LogP contribution >= 0.6 is 24.4 Å². The molecule has 4 unspecified atom stereocenters. The van der Waals surface area contributed by atoms with E-state index in [4.69, 9.17) is 21.1 Å². The molecule has 0 heterocycles. The van der Waals surface area contributed by atoms with E-state index in [0.29, 0.717) is 5.75 Å². The summed E-state index contributed by atoms with van der Waals surface area (Å²) in [5, 5.41) is 33.5. The third kappa shape index (κ3) is 11.8. The van der Waals surface area contributed by atoms with Crippen LogP contribution in [-0.4, -0.2) is 92.9 Å². The van der Waals surface area contributed by atoms with Gasteiger partial charge in [0.2, 0.25) is 17.7 Å². The smallest absolute Gasteiger partial charge is 0.326 e. The van der Waals surface area contributed by atoms with Gasteiger partial charge in [-0.2, -0.15) is 24.4 Å². The van der Waals surface area contributed by atoms with Crippen LogP contribution in [0.1, 0.15) is 25.7 Å². The van der Waals surface area contributed by atoms with Gasteiger partial charge in [0.1, 0.15) is 18.1 Å². The average Bonchev–Trinajstić information content (AvgIpc) is 2.71. The molecule has 0 aromatic carbocycles. The molecule has 0 aromatic heterocycles. The van der Waals surface area contributed by atoms with Crippen molar-refractivity contribution in [2.45, 2.75) is 49.9 Å². The second kappa shape index (κ2) is 15.3. The molecule has 0 aliphatic carbocycles. The summed E-state index contributed by atoms with van der Waals surface area (Å²) in [6, 6.07) is -5.36. The predicted octanol–water partition coefficient (Wildman–Crippen LogP) is -2.12. The average molecular weight is 497 g/mol. The Labute approximate surface area is 193 Å². The van der Waals surface area contributed by atoms with Crippen molar-refractivity contribution in [1.29, 1.82) is 0 Å². The Morgan fingerprint density at radius 1 is 0.844 bits per heavy atom. The number of nitrogens with two attached hydrogens (primary N) is 1. The van der Waals surface area contributed by atoms with E-state index in [1.54, 1.807) is 6.26 Å². The summed E-state index contributed by atoms with van der Waals surface area (Å²) in [6.45, 7) is 0. The molecular formula is C17H28N4O9S2. The van der Waals surface area contributed by atoms with Gasteiger partial charge >= 0.3 is 17.9 Å². The summed E-state index contributed by atoms with van der Waals surface area (Å²) in [4.78, 5) is 70.2. The van der Waals surface area contributed by atoms with Gasteiger partial charge in [0.25, 0.3) is 0 Å². The van der Waals surface area contributed by atoms with E-state index >= 15 is 0 Å². The van der Waals surface area contributed by atoms with Crippen LogP contribution in [0.2, 0.25) is 0 Å². The zero-order chi connectivity index (χ0) is 24.8. The molecule has 3 amide bonds. The van der Waals surface area contributed by atoms with Gasteiger partial charge in [-0.1, -0.05) is 0 Å². The molecule has 0 aliphatic rings. The number of carboxylic acid groups (broad SMARTS) is 3. The van der Waals surface area contributed by atoms with Crippen LogP contribution in [-0.2, 0) is 28.8 Å². The molecule has 0 aromatic rings. The molecule has 0 spiro atoms. The maximum absolute atomic E-state index is 12.7. The Hall–Kier alpha value is -2.52. The Morgan fingerprint density at radius 3 is 1.78 bits per heavy atom. The first-order valence-corrected chi connectivity index (χ1v) is 11.4. The molecule has 182 valence electrons. The fraction of sp³-hybridized carbons (Fsp3) is 0.647. The summed E-state index contributed by atoms with van der Waals surface area (Å²) >= 11 is 5.22. The number of thioether (sulfide) groups is 1. The lowest BCUT2D eigenvalue weighted by Gasteiger charge is -2.24. The highest BCUT2D eigenvalue weighted by Crippen LogP contribution is 2.06. The Kier molecular flexibility index (Phi) is 14.1. The van der Waals surface area contributed by atoms with Gasteiger partial charge in [-0.3, -0.25) is 24.0 Å². The largest absolute Gasteiger partial charge is 0.481 e. The maximum atomic E-state index is 12.7. The van der Waals surface area contributed by atoms with Gasteiger partial charge in [0, 0.05) is 12.2 Å². The molecule has 8 N–H and O–H groups in total. The minimum atomic E-state index is -1.72. The minimum absolute atomic E-state index is 0.0298. The lowest BCUT2D eigenvalue weighted by molar-refractivity contribution is -0.147. The molecule has 0 saturated heterocycles. The first-order chi connectivity index (χ1) is 14.9. The first-order valence-electron chi connectivity index (χ1n) is 9.35. The zero-order valence-corrected chi connectivity index (χ0v) is 19.0. The molecule has 32 heavy (non-hydrogen) atoms. The highest BCUT2D eigenvalue weighted by molar-refractivity contribution is 7.98. The summed E-state index contributed by atoms with van der Waals surface area (Å²) in [6.07, 6.45) is 0.169. The van der Waals surface area contributed by atoms with E-state index in [1.165, 1.54) is 11.8 Å². The van der Waals surface area contributed by atoms with Crippen LogP contribution < -0.4 is 21.7 Å². The van der Waals surface area contributed by atoms with Crippen LogP contribution in [0.5, 0.6) is 0 Å². The monoisotopic (exact) mass is 496 g/mol. The van der Waals surface area contributed by atoms with Crippen molar-refractivity contribution in [3.8, 4) is 0 Å². The number of thiol groups is 1. The molecule has 4 atom stereocenters.